The Labute approximate surface area is 220 Å². The van der Waals surface area contributed by atoms with E-state index in [1.54, 1.807) is 40.1 Å². The van der Waals surface area contributed by atoms with E-state index >= 15 is 0 Å². The van der Waals surface area contributed by atoms with Crippen LogP contribution in [-0.2, 0) is 4.79 Å². The van der Waals surface area contributed by atoms with Crippen molar-refractivity contribution in [2.45, 2.75) is 6.92 Å². The van der Waals surface area contributed by atoms with Gasteiger partial charge in [-0.3, -0.25) is 14.4 Å². The van der Waals surface area contributed by atoms with Gasteiger partial charge in [0, 0.05) is 29.9 Å². The number of carbonyl (C=O) groups excluding carboxylic acids is 2. The van der Waals surface area contributed by atoms with Crippen molar-refractivity contribution in [3.63, 3.8) is 0 Å². The number of nitrogens with zero attached hydrogens (tertiary/aromatic N) is 2. The van der Waals surface area contributed by atoms with Crippen LogP contribution in [0.15, 0.2) is 97.1 Å². The largest absolute Gasteiger partial charge is 0.480 e. The minimum Gasteiger partial charge on any atom is -0.480 e. The van der Waals surface area contributed by atoms with E-state index in [0.29, 0.717) is 41.3 Å². The Morgan fingerprint density at radius 3 is 2.16 bits per heavy atom. The monoisotopic (exact) mass is 505 g/mol. The highest BCUT2D eigenvalue weighted by Crippen LogP contribution is 2.33. The van der Waals surface area contributed by atoms with E-state index in [1.165, 1.54) is 0 Å². The molecule has 1 heterocycles. The number of amides is 2. The van der Waals surface area contributed by atoms with Gasteiger partial charge in [-0.05, 0) is 60.5 Å². The zero-order valence-electron chi connectivity index (χ0n) is 20.9. The number of nitrogens with one attached hydrogen (secondary N) is 1. The highest BCUT2D eigenvalue weighted by atomic mass is 16.4. The number of rotatable bonds is 6. The molecule has 2 N–H and O–H groups in total. The van der Waals surface area contributed by atoms with Gasteiger partial charge < -0.3 is 20.2 Å². The normalized spacial score (nSPS) is 12.6. The zero-order valence-corrected chi connectivity index (χ0v) is 20.9. The van der Waals surface area contributed by atoms with E-state index < -0.39 is 5.97 Å². The maximum Gasteiger partial charge on any atom is 0.323 e. The summed E-state index contributed by atoms with van der Waals surface area (Å²) in [5.74, 6) is -1.34. The fourth-order valence-corrected chi connectivity index (χ4v) is 4.68. The zero-order chi connectivity index (χ0) is 26.6. The maximum atomic E-state index is 13.4. The van der Waals surface area contributed by atoms with Gasteiger partial charge in [0.1, 0.15) is 6.54 Å². The SMILES string of the molecule is Cc1ccc(-c2ccccc2C(=O)Nc2ccc(C(=O)N3CCN(CC(=O)O)c4ccccc43)cc2)cc1. The number of anilines is 3. The molecule has 0 saturated carbocycles. The molecule has 0 atom stereocenters. The van der Waals surface area contributed by atoms with E-state index in [9.17, 15) is 19.5 Å². The molecule has 5 rings (SSSR count). The Morgan fingerprint density at radius 2 is 1.45 bits per heavy atom. The molecule has 1 aliphatic heterocycles. The van der Waals surface area contributed by atoms with E-state index in [-0.39, 0.29) is 18.4 Å². The quantitative estimate of drug-likeness (QED) is 0.363. The highest BCUT2D eigenvalue weighted by Gasteiger charge is 2.28. The molecule has 0 fully saturated rings. The molecule has 0 bridgehead atoms. The molecule has 0 saturated heterocycles. The molecule has 2 amide bonds. The van der Waals surface area contributed by atoms with Crippen molar-refractivity contribution in [1.29, 1.82) is 0 Å². The van der Waals surface area contributed by atoms with Crippen LogP contribution in [0.25, 0.3) is 11.1 Å². The summed E-state index contributed by atoms with van der Waals surface area (Å²) in [7, 11) is 0. The van der Waals surface area contributed by atoms with Crippen molar-refractivity contribution in [3.05, 3.63) is 114 Å². The molecule has 0 aliphatic carbocycles. The third kappa shape index (κ3) is 5.13. The third-order valence-corrected chi connectivity index (χ3v) is 6.60. The lowest BCUT2D eigenvalue weighted by molar-refractivity contribution is -0.135. The van der Waals surface area contributed by atoms with Gasteiger partial charge in [-0.2, -0.15) is 0 Å². The summed E-state index contributed by atoms with van der Waals surface area (Å²) in [5, 5.41) is 12.2. The van der Waals surface area contributed by atoms with E-state index in [1.807, 2.05) is 73.7 Å². The van der Waals surface area contributed by atoms with Gasteiger partial charge in [0.2, 0.25) is 0 Å². The predicted molar refractivity (Wildman–Crippen MR) is 149 cm³/mol. The number of benzene rings is 4. The van der Waals surface area contributed by atoms with Gasteiger partial charge >= 0.3 is 5.97 Å². The van der Waals surface area contributed by atoms with Crippen molar-refractivity contribution in [1.82, 2.24) is 0 Å². The lowest BCUT2D eigenvalue weighted by Gasteiger charge is -2.37. The van der Waals surface area contributed by atoms with Crippen LogP contribution in [-0.4, -0.2) is 42.5 Å². The Bertz CT molecular complexity index is 1500. The van der Waals surface area contributed by atoms with Crippen LogP contribution in [0.2, 0.25) is 0 Å². The standard InChI is InChI=1S/C31H27N3O4/c1-21-10-12-22(13-11-21)25-6-2-3-7-26(25)30(37)32-24-16-14-23(15-17-24)31(38)34-19-18-33(20-29(35)36)27-8-4-5-9-28(27)34/h2-17H,18-20H2,1H3,(H,32,37)(H,35,36). The molecule has 0 spiro atoms. The summed E-state index contributed by atoms with van der Waals surface area (Å²) in [5.41, 5.74) is 5.97. The molecule has 38 heavy (non-hydrogen) atoms. The van der Waals surface area contributed by atoms with Gasteiger partial charge in [-0.15, -0.1) is 0 Å². The minimum absolute atomic E-state index is 0.125. The van der Waals surface area contributed by atoms with Gasteiger partial charge in [0.05, 0.1) is 11.4 Å². The third-order valence-electron chi connectivity index (χ3n) is 6.60. The summed E-state index contributed by atoms with van der Waals surface area (Å²) in [6, 6.07) is 29.6. The van der Waals surface area contributed by atoms with E-state index in [4.69, 9.17) is 0 Å². The topological polar surface area (TPSA) is 90.0 Å². The first kappa shape index (κ1) is 24.8. The van der Waals surface area contributed by atoms with Crippen LogP contribution in [0.4, 0.5) is 17.1 Å². The number of hydrogen-bond donors (Lipinski definition) is 2. The van der Waals surface area contributed by atoms with Crippen LogP contribution in [0.1, 0.15) is 26.3 Å². The summed E-state index contributed by atoms with van der Waals surface area (Å²) in [6.45, 7) is 2.69. The molecule has 4 aromatic carbocycles. The van der Waals surface area contributed by atoms with Crippen molar-refractivity contribution in [2.75, 3.05) is 34.8 Å². The number of aliphatic carboxylic acids is 1. The molecule has 4 aromatic rings. The van der Waals surface area contributed by atoms with Gasteiger partial charge in [0.25, 0.3) is 11.8 Å². The van der Waals surface area contributed by atoms with Crippen molar-refractivity contribution < 1.29 is 19.5 Å². The summed E-state index contributed by atoms with van der Waals surface area (Å²) >= 11 is 0. The van der Waals surface area contributed by atoms with Crippen molar-refractivity contribution >= 4 is 34.8 Å². The average Bonchev–Trinajstić information content (AvgIpc) is 2.93. The molecule has 7 heteroatoms. The van der Waals surface area contributed by atoms with Gasteiger partial charge in [-0.25, -0.2) is 0 Å². The summed E-state index contributed by atoms with van der Waals surface area (Å²) in [4.78, 5) is 41.2. The first-order valence-corrected chi connectivity index (χ1v) is 12.4. The molecule has 7 nitrogen and oxygen atoms in total. The number of carboxylic acid groups (broad SMARTS) is 1. The van der Waals surface area contributed by atoms with Crippen molar-refractivity contribution in [3.8, 4) is 11.1 Å². The molecule has 0 aromatic heterocycles. The second kappa shape index (κ2) is 10.6. The maximum absolute atomic E-state index is 13.4. The molecule has 0 radical (unpaired) electrons. The fraction of sp³-hybridized carbons (Fsp3) is 0.129. The van der Waals surface area contributed by atoms with Crippen LogP contribution < -0.4 is 15.1 Å². The molecular weight excluding hydrogens is 478 g/mol. The predicted octanol–water partition coefficient (Wildman–Crippen LogP) is 5.47. The second-order valence-electron chi connectivity index (χ2n) is 9.20. The first-order chi connectivity index (χ1) is 18.4. The smallest absolute Gasteiger partial charge is 0.323 e. The van der Waals surface area contributed by atoms with Crippen LogP contribution in [0.3, 0.4) is 0 Å². The number of hydrogen-bond acceptors (Lipinski definition) is 4. The Morgan fingerprint density at radius 1 is 0.789 bits per heavy atom. The van der Waals surface area contributed by atoms with Crippen LogP contribution in [0.5, 0.6) is 0 Å². The lowest BCUT2D eigenvalue weighted by Crippen LogP contribution is -2.45. The molecule has 190 valence electrons. The van der Waals surface area contributed by atoms with E-state index in [2.05, 4.69) is 5.32 Å². The number of carbonyl (C=O) groups is 3. The van der Waals surface area contributed by atoms with E-state index in [0.717, 1.165) is 16.7 Å². The summed E-state index contributed by atoms with van der Waals surface area (Å²) in [6.07, 6.45) is 0. The molecule has 1 aliphatic rings. The second-order valence-corrected chi connectivity index (χ2v) is 9.20. The average molecular weight is 506 g/mol. The molecular formula is C31H27N3O4. The Kier molecular flexibility index (Phi) is 6.91. The van der Waals surface area contributed by atoms with Crippen LogP contribution in [0, 0.1) is 6.92 Å². The highest BCUT2D eigenvalue weighted by molar-refractivity contribution is 6.10. The van der Waals surface area contributed by atoms with Crippen LogP contribution >= 0.6 is 0 Å². The number of para-hydroxylation sites is 2. The van der Waals surface area contributed by atoms with Crippen molar-refractivity contribution in [2.24, 2.45) is 0 Å². The number of carboxylic acids is 1. The molecule has 0 unspecified atom stereocenters. The lowest BCUT2D eigenvalue weighted by atomic mass is 9.98. The summed E-state index contributed by atoms with van der Waals surface area (Å²) < 4.78 is 0. The minimum atomic E-state index is -0.918. The van der Waals surface area contributed by atoms with Gasteiger partial charge in [0.15, 0.2) is 0 Å². The Hall–Kier alpha value is -4.91. The van der Waals surface area contributed by atoms with Gasteiger partial charge in [-0.1, -0.05) is 60.2 Å². The first-order valence-electron chi connectivity index (χ1n) is 12.4. The Balaban J connectivity index is 1.32. The fourth-order valence-electron chi connectivity index (χ4n) is 4.68. The number of fused-ring (bicyclic) bond motifs is 1. The number of aryl methyl sites for hydroxylation is 1.